The Morgan fingerprint density at radius 1 is 1.38 bits per heavy atom. The van der Waals surface area contributed by atoms with Crippen molar-refractivity contribution in [2.75, 3.05) is 25.5 Å². The van der Waals surface area contributed by atoms with Crippen LogP contribution in [0, 0.1) is 0 Å². The highest BCUT2D eigenvalue weighted by Crippen LogP contribution is 2.18. The molecule has 13 heavy (non-hydrogen) atoms. The first-order chi connectivity index (χ1) is 6.19. The van der Waals surface area contributed by atoms with Gasteiger partial charge in [-0.15, -0.1) is 0 Å². The number of rotatable bonds is 4. The van der Waals surface area contributed by atoms with Crippen LogP contribution in [-0.2, 0) is 4.79 Å². The van der Waals surface area contributed by atoms with Gasteiger partial charge >= 0.3 is 0 Å². The zero-order valence-corrected chi connectivity index (χ0v) is 8.76. The van der Waals surface area contributed by atoms with Gasteiger partial charge in [-0.2, -0.15) is 0 Å². The summed E-state index contributed by atoms with van der Waals surface area (Å²) in [6.07, 6.45) is 0. The van der Waals surface area contributed by atoms with Gasteiger partial charge in [0.2, 0.25) is 5.91 Å². The second-order valence-corrected chi connectivity index (χ2v) is 3.75. The number of carbonyl (C=O) groups is 2. The minimum absolute atomic E-state index is 0.0677. The lowest BCUT2D eigenvalue weighted by Gasteiger charge is -2.23. The van der Waals surface area contributed by atoms with Crippen LogP contribution in [0.25, 0.3) is 0 Å². The van der Waals surface area contributed by atoms with Gasteiger partial charge in [-0.25, -0.2) is 0 Å². The number of amides is 2. The molecule has 1 heterocycles. The average Bonchev–Trinajstić information content (AvgIpc) is 2.44. The lowest BCUT2D eigenvalue weighted by molar-refractivity contribution is -0.126. The Morgan fingerprint density at radius 2 is 2.00 bits per heavy atom. The Kier molecular flexibility index (Phi) is 3.74. The Morgan fingerprint density at radius 3 is 2.38 bits per heavy atom. The third kappa shape index (κ3) is 2.45. The van der Waals surface area contributed by atoms with Crippen molar-refractivity contribution in [2.45, 2.75) is 13.8 Å². The van der Waals surface area contributed by atoms with E-state index >= 15 is 0 Å². The molecule has 0 aromatic heterocycles. The second kappa shape index (κ2) is 4.62. The van der Waals surface area contributed by atoms with Crippen LogP contribution in [0.4, 0.5) is 4.79 Å². The zero-order valence-electron chi connectivity index (χ0n) is 7.95. The molecule has 0 atom stereocenters. The molecule has 0 aliphatic carbocycles. The van der Waals surface area contributed by atoms with E-state index in [2.05, 4.69) is 0 Å². The van der Waals surface area contributed by atoms with E-state index in [-0.39, 0.29) is 11.1 Å². The molecule has 0 N–H and O–H groups in total. The summed E-state index contributed by atoms with van der Waals surface area (Å²) in [4.78, 5) is 25.8. The third-order valence-corrected chi connectivity index (χ3v) is 2.94. The second-order valence-electron chi connectivity index (χ2n) is 2.82. The van der Waals surface area contributed by atoms with Gasteiger partial charge in [0.15, 0.2) is 0 Å². The van der Waals surface area contributed by atoms with Gasteiger partial charge in [-0.1, -0.05) is 25.6 Å². The molecule has 1 saturated heterocycles. The van der Waals surface area contributed by atoms with Crippen LogP contribution in [0.3, 0.4) is 0 Å². The van der Waals surface area contributed by atoms with Crippen LogP contribution in [0.2, 0.25) is 0 Å². The maximum absolute atomic E-state index is 11.2. The molecule has 0 spiro atoms. The predicted molar refractivity (Wildman–Crippen MR) is 52.5 cm³/mol. The smallest absolute Gasteiger partial charge is 0.286 e. The largest absolute Gasteiger partial charge is 0.289 e. The summed E-state index contributed by atoms with van der Waals surface area (Å²) in [5, 5.41) is -0.114. The minimum Gasteiger partial charge on any atom is -0.286 e. The van der Waals surface area contributed by atoms with Crippen LogP contribution in [0.1, 0.15) is 13.8 Å². The standard InChI is InChI=1S/C8H14N2O2S/c1-3-9(4-2)6-10-7(11)5-13-8(10)12/h3-6H2,1-2H3. The quantitative estimate of drug-likeness (QED) is 0.681. The van der Waals surface area contributed by atoms with Crippen molar-refractivity contribution in [3.63, 3.8) is 0 Å². The summed E-state index contributed by atoms with van der Waals surface area (Å²) in [6.45, 7) is 6.19. The fraction of sp³-hybridized carbons (Fsp3) is 0.750. The van der Waals surface area contributed by atoms with Gasteiger partial charge in [0.05, 0.1) is 12.4 Å². The third-order valence-electron chi connectivity index (χ3n) is 2.08. The van der Waals surface area contributed by atoms with E-state index in [0.29, 0.717) is 12.4 Å². The number of nitrogens with zero attached hydrogens (tertiary/aromatic N) is 2. The number of hydrogen-bond acceptors (Lipinski definition) is 4. The molecule has 0 radical (unpaired) electrons. The summed E-state index contributed by atoms with van der Waals surface area (Å²) in [6, 6.07) is 0. The molecule has 74 valence electrons. The molecule has 1 fully saturated rings. The maximum Gasteiger partial charge on any atom is 0.289 e. The van der Waals surface area contributed by atoms with Crippen LogP contribution < -0.4 is 0 Å². The van der Waals surface area contributed by atoms with E-state index in [9.17, 15) is 9.59 Å². The SMILES string of the molecule is CCN(CC)CN1C(=O)CSC1=O. The van der Waals surface area contributed by atoms with Crippen molar-refractivity contribution in [3.8, 4) is 0 Å². The van der Waals surface area contributed by atoms with Crippen LogP contribution in [-0.4, -0.2) is 46.5 Å². The number of imide groups is 1. The molecule has 1 aliphatic heterocycles. The molecule has 0 saturated carbocycles. The molecule has 0 aromatic rings. The van der Waals surface area contributed by atoms with Gasteiger partial charge < -0.3 is 0 Å². The van der Waals surface area contributed by atoms with E-state index in [1.54, 1.807) is 0 Å². The molecule has 0 unspecified atom stereocenters. The van der Waals surface area contributed by atoms with Gasteiger partial charge in [0, 0.05) is 0 Å². The normalized spacial score (nSPS) is 17.6. The van der Waals surface area contributed by atoms with Crippen molar-refractivity contribution < 1.29 is 9.59 Å². The number of carbonyl (C=O) groups excluding carboxylic acids is 2. The predicted octanol–water partition coefficient (Wildman–Crippen LogP) is 0.981. The Balaban J connectivity index is 2.51. The van der Waals surface area contributed by atoms with Gasteiger partial charge in [0.1, 0.15) is 0 Å². The van der Waals surface area contributed by atoms with Gasteiger partial charge in [-0.05, 0) is 13.1 Å². The molecule has 4 nitrogen and oxygen atoms in total. The number of thioether (sulfide) groups is 1. The summed E-state index contributed by atoms with van der Waals surface area (Å²) >= 11 is 1.09. The summed E-state index contributed by atoms with van der Waals surface area (Å²) < 4.78 is 0. The Hall–Kier alpha value is -0.550. The monoisotopic (exact) mass is 202 g/mol. The fourth-order valence-corrected chi connectivity index (χ4v) is 1.86. The van der Waals surface area contributed by atoms with E-state index < -0.39 is 0 Å². The molecule has 1 rings (SSSR count). The van der Waals surface area contributed by atoms with Gasteiger partial charge in [0.25, 0.3) is 5.24 Å². The highest BCUT2D eigenvalue weighted by Gasteiger charge is 2.30. The zero-order chi connectivity index (χ0) is 9.84. The Labute approximate surface area is 82.3 Å². The van der Waals surface area contributed by atoms with E-state index in [4.69, 9.17) is 0 Å². The van der Waals surface area contributed by atoms with E-state index in [0.717, 1.165) is 24.9 Å². The Bertz CT molecular complexity index is 200. The lowest BCUT2D eigenvalue weighted by atomic mass is 10.5. The molecular weight excluding hydrogens is 188 g/mol. The van der Waals surface area contributed by atoms with Crippen LogP contribution >= 0.6 is 11.8 Å². The van der Waals surface area contributed by atoms with Crippen molar-refractivity contribution in [3.05, 3.63) is 0 Å². The van der Waals surface area contributed by atoms with Crippen LogP contribution in [0.15, 0.2) is 0 Å². The van der Waals surface area contributed by atoms with E-state index in [1.807, 2.05) is 18.7 Å². The molecule has 0 bridgehead atoms. The molecule has 1 aliphatic rings. The van der Waals surface area contributed by atoms with Gasteiger partial charge in [-0.3, -0.25) is 19.4 Å². The molecule has 5 heteroatoms. The highest BCUT2D eigenvalue weighted by atomic mass is 32.2. The maximum atomic E-state index is 11.2. The molecular formula is C8H14N2O2S. The van der Waals surface area contributed by atoms with Crippen molar-refractivity contribution in [1.29, 1.82) is 0 Å². The van der Waals surface area contributed by atoms with Crippen molar-refractivity contribution >= 4 is 22.9 Å². The first kappa shape index (κ1) is 10.5. The van der Waals surface area contributed by atoms with E-state index in [1.165, 1.54) is 4.90 Å². The number of hydrogen-bond donors (Lipinski definition) is 0. The summed E-state index contributed by atoms with van der Waals surface area (Å²) in [7, 11) is 0. The molecule has 2 amide bonds. The van der Waals surface area contributed by atoms with Crippen molar-refractivity contribution in [2.24, 2.45) is 0 Å². The highest BCUT2D eigenvalue weighted by molar-refractivity contribution is 8.14. The van der Waals surface area contributed by atoms with Crippen LogP contribution in [0.5, 0.6) is 0 Å². The summed E-state index contributed by atoms with van der Waals surface area (Å²) in [5.74, 6) is 0.238. The lowest BCUT2D eigenvalue weighted by Crippen LogP contribution is -2.40. The fourth-order valence-electron chi connectivity index (χ4n) is 1.14. The van der Waals surface area contributed by atoms with Crippen molar-refractivity contribution in [1.82, 2.24) is 9.80 Å². The topological polar surface area (TPSA) is 40.6 Å². The summed E-state index contributed by atoms with van der Waals surface area (Å²) in [5.41, 5.74) is 0. The average molecular weight is 202 g/mol. The minimum atomic E-state index is -0.114. The first-order valence-electron chi connectivity index (χ1n) is 4.38. The first-order valence-corrected chi connectivity index (χ1v) is 5.37. The molecule has 0 aromatic carbocycles.